The summed E-state index contributed by atoms with van der Waals surface area (Å²) in [6.07, 6.45) is 2.69. The quantitative estimate of drug-likeness (QED) is 0.497. The summed E-state index contributed by atoms with van der Waals surface area (Å²) in [4.78, 5) is 14.4. The highest BCUT2D eigenvalue weighted by atomic mass is 35.5. The molecule has 5 nitrogen and oxygen atoms in total. The molecule has 8 heteroatoms. The van der Waals surface area contributed by atoms with Gasteiger partial charge in [0.1, 0.15) is 5.75 Å². The molecule has 0 aliphatic carbocycles. The molecule has 154 valence electrons. The van der Waals surface area contributed by atoms with E-state index in [4.69, 9.17) is 21.4 Å². The molecule has 2 atom stereocenters. The summed E-state index contributed by atoms with van der Waals surface area (Å²) >= 11 is 9.08. The van der Waals surface area contributed by atoms with Crippen LogP contribution < -0.4 is 10.1 Å². The largest absolute Gasteiger partial charge is 0.444 e. The van der Waals surface area contributed by atoms with Gasteiger partial charge in [0.25, 0.3) is 5.24 Å². The van der Waals surface area contributed by atoms with Crippen LogP contribution in [0.5, 0.6) is 5.75 Å². The molecule has 4 heterocycles. The molecule has 0 radical (unpaired) electrons. The van der Waals surface area contributed by atoms with E-state index in [1.54, 1.807) is 11.3 Å². The van der Waals surface area contributed by atoms with E-state index in [0.717, 1.165) is 38.4 Å². The van der Waals surface area contributed by atoms with Crippen molar-refractivity contribution in [2.24, 2.45) is 5.10 Å². The van der Waals surface area contributed by atoms with Gasteiger partial charge in [-0.15, -0.1) is 11.3 Å². The topological polar surface area (TPSA) is 53.9 Å². The van der Waals surface area contributed by atoms with E-state index in [9.17, 15) is 4.79 Å². The summed E-state index contributed by atoms with van der Waals surface area (Å²) in [6.45, 7) is 0. The summed E-state index contributed by atoms with van der Waals surface area (Å²) in [5.74, 6) is -0.483. The number of rotatable bonds is 2. The number of halogens is 1. The Hall–Kier alpha value is -2.74. The number of hydrogen-bond donors (Lipinski definition) is 1. The number of carbonyl (C=O) groups excluding carboxylic acids is 1. The van der Waals surface area contributed by atoms with Gasteiger partial charge in [-0.05, 0) is 53.0 Å². The number of benzene rings is 2. The molecule has 1 amide bonds. The van der Waals surface area contributed by atoms with Gasteiger partial charge < -0.3 is 4.74 Å². The first-order valence-electron chi connectivity index (χ1n) is 9.79. The van der Waals surface area contributed by atoms with Crippen LogP contribution in [0.25, 0.3) is 6.08 Å². The molecule has 2 unspecified atom stereocenters. The second kappa shape index (κ2) is 7.15. The summed E-state index contributed by atoms with van der Waals surface area (Å²) in [7, 11) is 0. The van der Waals surface area contributed by atoms with Crippen molar-refractivity contribution in [2.75, 3.05) is 0 Å². The average molecular weight is 466 g/mol. The minimum atomic E-state index is -1.19. The summed E-state index contributed by atoms with van der Waals surface area (Å²) in [5.41, 5.74) is 2.97. The molecule has 0 saturated carbocycles. The van der Waals surface area contributed by atoms with Gasteiger partial charge >= 0.3 is 5.85 Å². The van der Waals surface area contributed by atoms with Crippen molar-refractivity contribution in [3.8, 4) is 5.75 Å². The third-order valence-corrected chi connectivity index (χ3v) is 7.51. The van der Waals surface area contributed by atoms with Crippen LogP contribution in [0.2, 0.25) is 5.02 Å². The second-order valence-corrected chi connectivity index (χ2v) is 9.87. The van der Waals surface area contributed by atoms with Crippen LogP contribution in [0.4, 0.5) is 4.79 Å². The van der Waals surface area contributed by atoms with Gasteiger partial charge in [-0.25, -0.2) is 5.01 Å². The molecular weight excluding hydrogens is 450 g/mol. The van der Waals surface area contributed by atoms with E-state index < -0.39 is 5.85 Å². The number of hydrazone groups is 1. The Morgan fingerprint density at radius 1 is 1.19 bits per heavy atom. The maximum atomic E-state index is 12.6. The van der Waals surface area contributed by atoms with Crippen molar-refractivity contribution in [3.05, 3.63) is 92.0 Å². The predicted molar refractivity (Wildman–Crippen MR) is 125 cm³/mol. The Morgan fingerprint density at radius 3 is 2.87 bits per heavy atom. The highest BCUT2D eigenvalue weighted by Crippen LogP contribution is 2.53. The molecular formula is C23H16ClN3O2S2. The fourth-order valence-electron chi connectivity index (χ4n) is 4.20. The van der Waals surface area contributed by atoms with Crippen LogP contribution in [-0.2, 0) is 0 Å². The lowest BCUT2D eigenvalue weighted by Gasteiger charge is -2.45. The zero-order valence-corrected chi connectivity index (χ0v) is 18.5. The fraction of sp³-hybridized carbons (Fsp3) is 0.130. The van der Waals surface area contributed by atoms with Gasteiger partial charge in [-0.1, -0.05) is 48.0 Å². The minimum absolute atomic E-state index is 0.108. The van der Waals surface area contributed by atoms with Crippen LogP contribution in [0.1, 0.15) is 28.5 Å². The number of nitrogens with zero attached hydrogens (tertiary/aromatic N) is 2. The number of fused-ring (bicyclic) bond motifs is 4. The van der Waals surface area contributed by atoms with Gasteiger partial charge in [0.05, 0.1) is 16.7 Å². The summed E-state index contributed by atoms with van der Waals surface area (Å²) in [6, 6.07) is 19.6. The van der Waals surface area contributed by atoms with Gasteiger partial charge in [0, 0.05) is 21.9 Å². The lowest BCUT2D eigenvalue weighted by atomic mass is 9.96. The first kappa shape index (κ1) is 19.0. The first-order valence-corrected chi connectivity index (χ1v) is 11.9. The normalized spacial score (nSPS) is 25.3. The Balaban J connectivity index is 1.53. The number of amides is 1. The minimum Gasteiger partial charge on any atom is -0.444 e. The van der Waals surface area contributed by atoms with Crippen molar-refractivity contribution in [1.82, 2.24) is 10.3 Å². The molecule has 3 aromatic rings. The average Bonchev–Trinajstić information content (AvgIpc) is 3.50. The monoisotopic (exact) mass is 465 g/mol. The zero-order valence-electron chi connectivity index (χ0n) is 16.1. The van der Waals surface area contributed by atoms with E-state index in [2.05, 4.69) is 5.32 Å². The second-order valence-electron chi connectivity index (χ2n) is 7.44. The number of thioether (sulfide) groups is 1. The van der Waals surface area contributed by atoms with Crippen molar-refractivity contribution >= 4 is 51.7 Å². The highest BCUT2D eigenvalue weighted by Gasteiger charge is 2.58. The molecule has 1 aromatic heterocycles. The lowest BCUT2D eigenvalue weighted by Crippen LogP contribution is -2.61. The van der Waals surface area contributed by atoms with Crippen molar-refractivity contribution in [2.45, 2.75) is 18.3 Å². The molecule has 1 N–H and O–H groups in total. The van der Waals surface area contributed by atoms with E-state index in [1.807, 2.05) is 77.1 Å². The SMILES string of the molecule is O=C1NC2(Oc3ccc(Cl)cc3C3CC(c4ccccc4)=NN32)/C(=C/c2cccs2)S1. The molecule has 1 spiro atoms. The van der Waals surface area contributed by atoms with Crippen LogP contribution in [0, 0.1) is 0 Å². The zero-order chi connectivity index (χ0) is 21.0. The molecule has 3 aliphatic heterocycles. The molecule has 31 heavy (non-hydrogen) atoms. The Bertz CT molecular complexity index is 1240. The Morgan fingerprint density at radius 2 is 2.06 bits per heavy atom. The Kier molecular flexibility index (Phi) is 4.38. The smallest absolute Gasteiger partial charge is 0.314 e. The molecule has 6 rings (SSSR count). The van der Waals surface area contributed by atoms with E-state index in [-0.39, 0.29) is 11.3 Å². The lowest BCUT2D eigenvalue weighted by molar-refractivity contribution is -0.0948. The van der Waals surface area contributed by atoms with E-state index >= 15 is 0 Å². The number of thiophene rings is 1. The number of nitrogens with one attached hydrogen (secondary N) is 1. The van der Waals surface area contributed by atoms with Gasteiger partial charge in [-0.3, -0.25) is 10.1 Å². The molecule has 0 bridgehead atoms. The summed E-state index contributed by atoms with van der Waals surface area (Å²) in [5, 5.41) is 12.4. The van der Waals surface area contributed by atoms with E-state index in [0.29, 0.717) is 17.2 Å². The Labute approximate surface area is 192 Å². The number of carbonyl (C=O) groups is 1. The van der Waals surface area contributed by atoms with Crippen molar-refractivity contribution < 1.29 is 9.53 Å². The third kappa shape index (κ3) is 3.07. The molecule has 3 aliphatic rings. The van der Waals surface area contributed by atoms with Crippen LogP contribution in [0.15, 0.2) is 76.1 Å². The maximum absolute atomic E-state index is 12.6. The predicted octanol–water partition coefficient (Wildman–Crippen LogP) is 6.10. The molecule has 1 saturated heterocycles. The highest BCUT2D eigenvalue weighted by molar-refractivity contribution is 8.17. The first-order chi connectivity index (χ1) is 15.1. The molecule has 1 fully saturated rings. The number of ether oxygens (including phenoxy) is 1. The van der Waals surface area contributed by atoms with Gasteiger partial charge in [-0.2, -0.15) is 5.10 Å². The third-order valence-electron chi connectivity index (χ3n) is 5.55. The fourth-order valence-corrected chi connectivity index (χ4v) is 6.01. The number of hydrogen-bond acceptors (Lipinski definition) is 6. The maximum Gasteiger partial charge on any atom is 0.314 e. The van der Waals surface area contributed by atoms with Crippen LogP contribution in [0.3, 0.4) is 0 Å². The van der Waals surface area contributed by atoms with Crippen molar-refractivity contribution in [3.63, 3.8) is 0 Å². The summed E-state index contributed by atoms with van der Waals surface area (Å²) < 4.78 is 6.51. The van der Waals surface area contributed by atoms with Crippen LogP contribution in [-0.4, -0.2) is 21.8 Å². The van der Waals surface area contributed by atoms with Gasteiger partial charge in [0.15, 0.2) is 0 Å². The van der Waals surface area contributed by atoms with Crippen molar-refractivity contribution in [1.29, 1.82) is 0 Å². The molecule has 2 aromatic carbocycles. The van der Waals surface area contributed by atoms with E-state index in [1.165, 1.54) is 0 Å². The van der Waals surface area contributed by atoms with Crippen LogP contribution >= 0.6 is 34.7 Å². The van der Waals surface area contributed by atoms with Gasteiger partial charge in [0.2, 0.25) is 0 Å². The standard InChI is InChI=1S/C23H16ClN3O2S2/c24-15-8-9-20-17(11-15)19-13-18(14-5-2-1-3-6-14)26-27(19)23(29-20)21(31-22(28)25-23)12-16-7-4-10-30-16/h1-12,19H,13H2,(H,25,28)/b21-12-.